The predicted octanol–water partition coefficient (Wildman–Crippen LogP) is 1.09. The first-order chi connectivity index (χ1) is 13.6. The fourth-order valence-electron chi connectivity index (χ4n) is 4.38. The van der Waals surface area contributed by atoms with Crippen LogP contribution >= 0.6 is 0 Å². The van der Waals surface area contributed by atoms with Gasteiger partial charge < -0.3 is 10.2 Å². The quantitative estimate of drug-likeness (QED) is 0.758. The second-order valence-corrected chi connectivity index (χ2v) is 7.85. The minimum absolute atomic E-state index is 0.173. The highest BCUT2D eigenvalue weighted by Crippen LogP contribution is 2.32. The number of carbonyl (C=O) groups is 3. The maximum Gasteiger partial charge on any atom is 0.344 e. The molecule has 1 aromatic rings. The molecular formula is C20H27N5O3. The average molecular weight is 385 g/mol. The number of hydrogen-bond acceptors (Lipinski definition) is 5. The van der Waals surface area contributed by atoms with Gasteiger partial charge in [0, 0.05) is 31.9 Å². The van der Waals surface area contributed by atoms with Gasteiger partial charge in [-0.3, -0.25) is 19.9 Å². The van der Waals surface area contributed by atoms with Crippen molar-refractivity contribution in [2.24, 2.45) is 0 Å². The molecular weight excluding hydrogens is 358 g/mol. The molecule has 3 fully saturated rings. The van der Waals surface area contributed by atoms with Crippen LogP contribution in [0.3, 0.4) is 0 Å². The van der Waals surface area contributed by atoms with E-state index >= 15 is 0 Å². The second kappa shape index (κ2) is 7.79. The molecule has 8 heteroatoms. The van der Waals surface area contributed by atoms with Gasteiger partial charge in [0.2, 0.25) is 0 Å². The van der Waals surface area contributed by atoms with Crippen molar-refractivity contribution >= 4 is 23.5 Å². The third-order valence-electron chi connectivity index (χ3n) is 5.97. The standard InChI is InChI=1S/C20H27N5O3/c26-17(15-23-11-13-24(14-12-23)16-7-3-1-4-8-16)22-25-18(27)20(21-19(25)28)9-5-2-6-10-20/h1,3-4,7-8H,2,5-6,9-15H2,(H,21,28)(H,22,26). The number of benzene rings is 1. The summed E-state index contributed by atoms with van der Waals surface area (Å²) >= 11 is 0. The van der Waals surface area contributed by atoms with Crippen LogP contribution in [0.15, 0.2) is 30.3 Å². The summed E-state index contributed by atoms with van der Waals surface area (Å²) < 4.78 is 0. The molecule has 1 saturated carbocycles. The van der Waals surface area contributed by atoms with E-state index in [2.05, 4.69) is 27.8 Å². The summed E-state index contributed by atoms with van der Waals surface area (Å²) in [4.78, 5) is 41.7. The summed E-state index contributed by atoms with van der Waals surface area (Å²) in [6, 6.07) is 9.69. The summed E-state index contributed by atoms with van der Waals surface area (Å²) in [5.74, 6) is -0.649. The molecule has 3 aliphatic rings. The number of nitrogens with zero attached hydrogens (tertiary/aromatic N) is 3. The van der Waals surface area contributed by atoms with Crippen molar-refractivity contribution in [2.45, 2.75) is 37.6 Å². The van der Waals surface area contributed by atoms with E-state index in [1.807, 2.05) is 23.1 Å². The Morgan fingerprint density at radius 3 is 2.36 bits per heavy atom. The predicted molar refractivity (Wildman–Crippen MR) is 104 cm³/mol. The Morgan fingerprint density at radius 2 is 1.68 bits per heavy atom. The molecule has 2 N–H and O–H groups in total. The van der Waals surface area contributed by atoms with Crippen LogP contribution in [0.25, 0.3) is 0 Å². The Bertz CT molecular complexity index is 739. The van der Waals surface area contributed by atoms with Gasteiger partial charge in [0.1, 0.15) is 5.54 Å². The first-order valence-electron chi connectivity index (χ1n) is 10.1. The van der Waals surface area contributed by atoms with Crippen molar-refractivity contribution in [3.8, 4) is 0 Å². The molecule has 4 rings (SSSR count). The van der Waals surface area contributed by atoms with E-state index in [0.717, 1.165) is 50.5 Å². The van der Waals surface area contributed by atoms with Crippen LogP contribution in [0.4, 0.5) is 10.5 Å². The molecule has 1 aliphatic carbocycles. The van der Waals surface area contributed by atoms with Crippen molar-refractivity contribution in [3.05, 3.63) is 30.3 Å². The van der Waals surface area contributed by atoms with E-state index in [0.29, 0.717) is 12.8 Å². The van der Waals surface area contributed by atoms with Gasteiger partial charge in [0.05, 0.1) is 6.54 Å². The molecule has 0 radical (unpaired) electrons. The van der Waals surface area contributed by atoms with Crippen LogP contribution in [-0.4, -0.2) is 66.0 Å². The number of imide groups is 1. The molecule has 0 atom stereocenters. The summed E-state index contributed by atoms with van der Waals surface area (Å²) in [5.41, 5.74) is 2.89. The maximum absolute atomic E-state index is 12.7. The van der Waals surface area contributed by atoms with E-state index in [4.69, 9.17) is 0 Å². The SMILES string of the molecule is O=C(CN1CCN(c2ccccc2)CC1)NN1C(=O)NC2(CCCCC2)C1=O. The number of urea groups is 1. The van der Waals surface area contributed by atoms with E-state index in [9.17, 15) is 14.4 Å². The number of nitrogens with one attached hydrogen (secondary N) is 2. The average Bonchev–Trinajstić information content (AvgIpc) is 2.93. The van der Waals surface area contributed by atoms with Gasteiger partial charge in [-0.15, -0.1) is 0 Å². The third-order valence-corrected chi connectivity index (χ3v) is 5.97. The molecule has 0 unspecified atom stereocenters. The van der Waals surface area contributed by atoms with Gasteiger partial charge in [-0.05, 0) is 25.0 Å². The summed E-state index contributed by atoms with van der Waals surface area (Å²) in [6.45, 7) is 3.36. The lowest BCUT2D eigenvalue weighted by Crippen LogP contribution is -2.54. The van der Waals surface area contributed by atoms with Gasteiger partial charge in [-0.25, -0.2) is 4.79 Å². The number of hydrazine groups is 1. The number of rotatable bonds is 4. The van der Waals surface area contributed by atoms with Gasteiger partial charge in [0.15, 0.2) is 0 Å². The van der Waals surface area contributed by atoms with E-state index in [1.165, 1.54) is 5.69 Å². The molecule has 150 valence electrons. The largest absolute Gasteiger partial charge is 0.369 e. The van der Waals surface area contributed by atoms with Crippen LogP contribution in [-0.2, 0) is 9.59 Å². The molecule has 2 heterocycles. The van der Waals surface area contributed by atoms with Crippen LogP contribution < -0.4 is 15.6 Å². The Balaban J connectivity index is 1.28. The first kappa shape index (κ1) is 18.7. The highest BCUT2D eigenvalue weighted by atomic mass is 16.2. The molecule has 0 bridgehead atoms. The fourth-order valence-corrected chi connectivity index (χ4v) is 4.38. The number of para-hydroxylation sites is 1. The third kappa shape index (κ3) is 3.69. The van der Waals surface area contributed by atoms with Crippen LogP contribution in [0.1, 0.15) is 32.1 Å². The summed E-state index contributed by atoms with van der Waals surface area (Å²) in [7, 11) is 0. The van der Waals surface area contributed by atoms with Crippen LogP contribution in [0.5, 0.6) is 0 Å². The fraction of sp³-hybridized carbons (Fsp3) is 0.550. The number of hydrogen-bond donors (Lipinski definition) is 2. The number of amides is 4. The Morgan fingerprint density at radius 1 is 1.00 bits per heavy atom. The van der Waals surface area contributed by atoms with Crippen molar-refractivity contribution in [3.63, 3.8) is 0 Å². The molecule has 2 saturated heterocycles. The normalized spacial score (nSPS) is 22.4. The first-order valence-corrected chi connectivity index (χ1v) is 10.1. The Hall–Kier alpha value is -2.61. The minimum atomic E-state index is -0.816. The lowest BCUT2D eigenvalue weighted by atomic mass is 9.82. The molecule has 28 heavy (non-hydrogen) atoms. The minimum Gasteiger partial charge on any atom is -0.369 e. The summed E-state index contributed by atoms with van der Waals surface area (Å²) in [5, 5.41) is 3.69. The highest BCUT2D eigenvalue weighted by Gasteiger charge is 2.52. The zero-order valence-electron chi connectivity index (χ0n) is 16.0. The Kier molecular flexibility index (Phi) is 5.21. The summed E-state index contributed by atoms with van der Waals surface area (Å²) in [6.07, 6.45) is 4.20. The highest BCUT2D eigenvalue weighted by molar-refractivity contribution is 6.08. The number of anilines is 1. The Labute approximate surface area is 164 Å². The lowest BCUT2D eigenvalue weighted by Gasteiger charge is -2.35. The topological polar surface area (TPSA) is 85.0 Å². The molecule has 4 amide bonds. The molecule has 2 aliphatic heterocycles. The van der Waals surface area contributed by atoms with Crippen LogP contribution in [0.2, 0.25) is 0 Å². The molecule has 1 spiro atoms. The number of carbonyl (C=O) groups excluding carboxylic acids is 3. The van der Waals surface area contributed by atoms with Crippen molar-refractivity contribution < 1.29 is 14.4 Å². The molecule has 0 aromatic heterocycles. The zero-order chi connectivity index (χ0) is 19.6. The van der Waals surface area contributed by atoms with E-state index in [1.54, 1.807) is 0 Å². The van der Waals surface area contributed by atoms with Gasteiger partial charge >= 0.3 is 6.03 Å². The molecule has 1 aromatic carbocycles. The van der Waals surface area contributed by atoms with E-state index < -0.39 is 11.6 Å². The smallest absolute Gasteiger partial charge is 0.344 e. The maximum atomic E-state index is 12.7. The van der Waals surface area contributed by atoms with Crippen molar-refractivity contribution in [1.82, 2.24) is 20.7 Å². The number of piperazine rings is 1. The van der Waals surface area contributed by atoms with Crippen LogP contribution in [0, 0.1) is 0 Å². The van der Waals surface area contributed by atoms with Crippen molar-refractivity contribution in [1.29, 1.82) is 0 Å². The second-order valence-electron chi connectivity index (χ2n) is 7.85. The van der Waals surface area contributed by atoms with Crippen molar-refractivity contribution in [2.75, 3.05) is 37.6 Å². The van der Waals surface area contributed by atoms with Gasteiger partial charge in [-0.1, -0.05) is 37.5 Å². The van der Waals surface area contributed by atoms with Gasteiger partial charge in [0.25, 0.3) is 11.8 Å². The monoisotopic (exact) mass is 385 g/mol. The zero-order valence-corrected chi connectivity index (χ0v) is 16.0. The van der Waals surface area contributed by atoms with Gasteiger partial charge in [-0.2, -0.15) is 5.01 Å². The molecule has 8 nitrogen and oxygen atoms in total. The lowest BCUT2D eigenvalue weighted by molar-refractivity contribution is -0.140. The van der Waals surface area contributed by atoms with E-state index in [-0.39, 0.29) is 18.4 Å².